The van der Waals surface area contributed by atoms with Crippen LogP contribution in [0.4, 0.5) is 4.79 Å². The number of benzene rings is 1. The smallest absolute Gasteiger partial charge is 0.410 e. The average Bonchev–Trinajstić information content (AvgIpc) is 2.52. The van der Waals surface area contributed by atoms with Gasteiger partial charge in [0.05, 0.1) is 13.7 Å². The van der Waals surface area contributed by atoms with Gasteiger partial charge in [-0.2, -0.15) is 0 Å². The molecule has 0 aliphatic rings. The first-order valence-electron chi connectivity index (χ1n) is 8.28. The van der Waals surface area contributed by atoms with E-state index in [1.54, 1.807) is 12.0 Å². The van der Waals surface area contributed by atoms with Crippen molar-refractivity contribution in [3.8, 4) is 11.5 Å². The number of nitrogens with two attached hydrogens (primary N) is 1. The topological polar surface area (TPSA) is 74.0 Å². The first-order valence-corrected chi connectivity index (χ1v) is 8.28. The van der Waals surface area contributed by atoms with E-state index in [1.807, 2.05) is 45.9 Å². The van der Waals surface area contributed by atoms with E-state index >= 15 is 0 Å². The molecule has 0 fully saturated rings. The number of amides is 1. The van der Waals surface area contributed by atoms with Gasteiger partial charge >= 0.3 is 6.09 Å². The molecular formula is C18H30N2O4. The molecule has 136 valence electrons. The molecule has 0 aliphatic heterocycles. The van der Waals surface area contributed by atoms with Crippen LogP contribution < -0.4 is 15.2 Å². The fourth-order valence-electron chi connectivity index (χ4n) is 2.15. The molecule has 1 aromatic carbocycles. The molecule has 6 nitrogen and oxygen atoms in total. The summed E-state index contributed by atoms with van der Waals surface area (Å²) in [5.41, 5.74) is 6.12. The number of carbonyl (C=O) groups excluding carboxylic acids is 1. The van der Waals surface area contributed by atoms with Crippen LogP contribution in [0.15, 0.2) is 18.2 Å². The number of rotatable bonds is 8. The molecule has 0 heterocycles. The Kier molecular flexibility index (Phi) is 7.85. The fourth-order valence-corrected chi connectivity index (χ4v) is 2.15. The second-order valence-corrected chi connectivity index (χ2v) is 6.44. The number of nitrogens with zero attached hydrogens (tertiary/aromatic N) is 1. The van der Waals surface area contributed by atoms with Crippen LogP contribution in [0.25, 0.3) is 0 Å². The summed E-state index contributed by atoms with van der Waals surface area (Å²) in [6.07, 6.45) is 0.428. The van der Waals surface area contributed by atoms with Crippen LogP contribution in [-0.2, 0) is 11.3 Å². The van der Waals surface area contributed by atoms with Gasteiger partial charge in [-0.3, -0.25) is 0 Å². The summed E-state index contributed by atoms with van der Waals surface area (Å²) in [5, 5.41) is 0. The molecule has 0 aromatic heterocycles. The van der Waals surface area contributed by atoms with E-state index in [1.165, 1.54) is 0 Å². The molecule has 24 heavy (non-hydrogen) atoms. The van der Waals surface area contributed by atoms with Crippen LogP contribution in [0.3, 0.4) is 0 Å². The summed E-state index contributed by atoms with van der Waals surface area (Å²) in [6.45, 7) is 9.61. The normalized spacial score (nSPS) is 11.1. The molecule has 1 aromatic rings. The van der Waals surface area contributed by atoms with Gasteiger partial charge in [-0.15, -0.1) is 0 Å². The number of methoxy groups -OCH3 is 1. The van der Waals surface area contributed by atoms with Crippen molar-refractivity contribution in [2.24, 2.45) is 5.73 Å². The van der Waals surface area contributed by atoms with Crippen molar-refractivity contribution in [2.75, 3.05) is 26.8 Å². The summed E-state index contributed by atoms with van der Waals surface area (Å²) in [4.78, 5) is 13.7. The van der Waals surface area contributed by atoms with Gasteiger partial charge in [-0.05, 0) is 52.3 Å². The molecular weight excluding hydrogens is 308 g/mol. The van der Waals surface area contributed by atoms with Gasteiger partial charge in [-0.25, -0.2) is 4.79 Å². The average molecular weight is 338 g/mol. The third kappa shape index (κ3) is 6.66. The zero-order chi connectivity index (χ0) is 18.2. The van der Waals surface area contributed by atoms with Gasteiger partial charge in [0.15, 0.2) is 0 Å². The van der Waals surface area contributed by atoms with E-state index in [0.29, 0.717) is 26.2 Å². The summed E-state index contributed by atoms with van der Waals surface area (Å²) in [7, 11) is 1.62. The highest BCUT2D eigenvalue weighted by molar-refractivity contribution is 5.68. The largest absolute Gasteiger partial charge is 0.496 e. The van der Waals surface area contributed by atoms with Crippen molar-refractivity contribution >= 4 is 6.09 Å². The zero-order valence-electron chi connectivity index (χ0n) is 15.4. The predicted octanol–water partition coefficient (Wildman–Crippen LogP) is 3.18. The molecule has 1 rings (SSSR count). The predicted molar refractivity (Wildman–Crippen MR) is 94.5 cm³/mol. The van der Waals surface area contributed by atoms with Crippen molar-refractivity contribution in [2.45, 2.75) is 46.3 Å². The lowest BCUT2D eigenvalue weighted by Crippen LogP contribution is -2.37. The lowest BCUT2D eigenvalue weighted by molar-refractivity contribution is 0.0252. The van der Waals surface area contributed by atoms with E-state index in [9.17, 15) is 4.79 Å². The Morgan fingerprint density at radius 1 is 1.29 bits per heavy atom. The molecule has 0 unspecified atom stereocenters. The lowest BCUT2D eigenvalue weighted by Gasteiger charge is -2.26. The Hall–Kier alpha value is -1.95. The molecule has 0 aliphatic carbocycles. The molecule has 0 bridgehead atoms. The quantitative estimate of drug-likeness (QED) is 0.737. The Labute approximate surface area is 144 Å². The first-order chi connectivity index (χ1) is 11.3. The summed E-state index contributed by atoms with van der Waals surface area (Å²) in [6, 6.07) is 5.57. The van der Waals surface area contributed by atoms with Crippen LogP contribution in [0, 0.1) is 0 Å². The van der Waals surface area contributed by atoms with Crippen LogP contribution in [-0.4, -0.2) is 43.4 Å². The third-order valence-corrected chi connectivity index (χ3v) is 3.35. The Morgan fingerprint density at radius 2 is 2.00 bits per heavy atom. The third-order valence-electron chi connectivity index (χ3n) is 3.35. The summed E-state index contributed by atoms with van der Waals surface area (Å²) in [5.74, 6) is 1.50. The van der Waals surface area contributed by atoms with Crippen molar-refractivity contribution in [1.29, 1.82) is 0 Å². The second-order valence-electron chi connectivity index (χ2n) is 6.44. The van der Waals surface area contributed by atoms with E-state index in [2.05, 4.69) is 0 Å². The lowest BCUT2D eigenvalue weighted by atomic mass is 10.2. The monoisotopic (exact) mass is 338 g/mol. The molecule has 6 heteroatoms. The van der Waals surface area contributed by atoms with Gasteiger partial charge in [0.1, 0.15) is 17.1 Å². The van der Waals surface area contributed by atoms with Gasteiger partial charge < -0.3 is 24.8 Å². The molecule has 0 saturated heterocycles. The standard InChI is InChI=1S/C18H30N2O4/c1-6-20(17(21)24-18(2,3)4)10-7-11-23-15-8-9-16(22-5)14(12-15)13-19/h8-9,12H,6-7,10-11,13,19H2,1-5H3. The van der Waals surface area contributed by atoms with Gasteiger partial charge in [0, 0.05) is 25.2 Å². The van der Waals surface area contributed by atoms with Crippen LogP contribution in [0.1, 0.15) is 39.7 Å². The van der Waals surface area contributed by atoms with E-state index in [-0.39, 0.29) is 6.09 Å². The highest BCUT2D eigenvalue weighted by Gasteiger charge is 2.20. The number of carbonyl (C=O) groups is 1. The van der Waals surface area contributed by atoms with Crippen molar-refractivity contribution < 1.29 is 19.0 Å². The van der Waals surface area contributed by atoms with E-state index < -0.39 is 5.60 Å². The van der Waals surface area contributed by atoms with Gasteiger partial charge in [-0.1, -0.05) is 0 Å². The zero-order valence-corrected chi connectivity index (χ0v) is 15.4. The summed E-state index contributed by atoms with van der Waals surface area (Å²) >= 11 is 0. The van der Waals surface area contributed by atoms with Gasteiger partial charge in [0.25, 0.3) is 0 Å². The number of ether oxygens (including phenoxy) is 3. The van der Waals surface area contributed by atoms with Crippen LogP contribution >= 0.6 is 0 Å². The number of hydrogen-bond acceptors (Lipinski definition) is 5. The Morgan fingerprint density at radius 3 is 2.54 bits per heavy atom. The maximum absolute atomic E-state index is 12.0. The molecule has 0 spiro atoms. The minimum atomic E-state index is -0.483. The number of hydrogen-bond donors (Lipinski definition) is 1. The molecule has 2 N–H and O–H groups in total. The van der Waals surface area contributed by atoms with E-state index in [0.717, 1.165) is 23.5 Å². The van der Waals surface area contributed by atoms with Crippen molar-refractivity contribution in [3.63, 3.8) is 0 Å². The van der Waals surface area contributed by atoms with Gasteiger partial charge in [0.2, 0.25) is 0 Å². The van der Waals surface area contributed by atoms with Crippen molar-refractivity contribution in [3.05, 3.63) is 23.8 Å². The molecule has 1 amide bonds. The highest BCUT2D eigenvalue weighted by Crippen LogP contribution is 2.23. The highest BCUT2D eigenvalue weighted by atomic mass is 16.6. The van der Waals surface area contributed by atoms with Crippen molar-refractivity contribution in [1.82, 2.24) is 4.90 Å². The molecule has 0 radical (unpaired) electrons. The maximum atomic E-state index is 12.0. The van der Waals surface area contributed by atoms with Crippen LogP contribution in [0.2, 0.25) is 0 Å². The molecule has 0 atom stereocenters. The second kappa shape index (κ2) is 9.37. The minimum Gasteiger partial charge on any atom is -0.496 e. The Bertz CT molecular complexity index is 526. The Balaban J connectivity index is 2.45. The fraction of sp³-hybridized carbons (Fsp3) is 0.611. The first kappa shape index (κ1) is 20.1. The van der Waals surface area contributed by atoms with E-state index in [4.69, 9.17) is 19.9 Å². The minimum absolute atomic E-state index is 0.292. The van der Waals surface area contributed by atoms with Crippen LogP contribution in [0.5, 0.6) is 11.5 Å². The summed E-state index contributed by atoms with van der Waals surface area (Å²) < 4.78 is 16.3. The maximum Gasteiger partial charge on any atom is 0.410 e. The molecule has 0 saturated carbocycles. The SMILES string of the molecule is CCN(CCCOc1ccc(OC)c(CN)c1)C(=O)OC(C)(C)C.